The molecule has 6 aromatic rings. The van der Waals surface area contributed by atoms with E-state index in [-0.39, 0.29) is 84.6 Å². The minimum absolute atomic E-state index is 0.00793. The number of anilines is 3. The summed E-state index contributed by atoms with van der Waals surface area (Å²) in [5.41, 5.74) is -5.62. The maximum atomic E-state index is 14.7. The zero-order valence-corrected chi connectivity index (χ0v) is 37.4. The molecule has 0 aliphatic carbocycles. The number of nitrogen functional groups attached to an aromatic ring is 1. The van der Waals surface area contributed by atoms with Crippen molar-refractivity contribution < 1.29 is 68.8 Å². The first-order chi connectivity index (χ1) is 35.4. The third-order valence-corrected chi connectivity index (χ3v) is 11.6. The Hall–Kier alpha value is -7.61. The molecule has 0 radical (unpaired) electrons. The molecule has 9 heterocycles. The van der Waals surface area contributed by atoms with Gasteiger partial charge in [-0.2, -0.15) is 15.0 Å². The van der Waals surface area contributed by atoms with Crippen LogP contribution < -0.4 is 33.0 Å². The van der Waals surface area contributed by atoms with Gasteiger partial charge in [-0.15, -0.1) is 19.3 Å². The Kier molecular flexibility index (Phi) is 13.2. The van der Waals surface area contributed by atoms with Crippen LogP contribution in [0.25, 0.3) is 33.5 Å². The molecule has 12 atom stereocenters. The number of nitrogens with one attached hydrogen (secondary N) is 5. The van der Waals surface area contributed by atoms with Crippen LogP contribution in [-0.4, -0.2) is 163 Å². The lowest BCUT2D eigenvalue weighted by Gasteiger charge is -2.24. The second kappa shape index (κ2) is 19.1. The van der Waals surface area contributed by atoms with Crippen LogP contribution in [0.15, 0.2) is 33.4 Å². The highest BCUT2D eigenvalue weighted by molar-refractivity contribution is 5.72. The lowest BCUT2D eigenvalue weighted by Crippen LogP contribution is -2.47. The summed E-state index contributed by atoms with van der Waals surface area (Å²) < 4.78 is 118. The van der Waals surface area contributed by atoms with E-state index in [1.165, 1.54) is 6.92 Å². The summed E-state index contributed by atoms with van der Waals surface area (Å²) in [6.45, 7) is -0.969. The Morgan fingerprint density at radius 3 is 1.32 bits per heavy atom. The van der Waals surface area contributed by atoms with Crippen molar-refractivity contribution >= 4 is 51.3 Å². The molecule has 9 rings (SSSR count). The SMILES string of the molecule is C#C[C@]1(O)[C@H](n2cnc3c(=O)[nH]c(N)nc32)O[C@](F)(CO)[C@H]1F.[3H]CCNc1nc2c(ncn2[C@@H]2O[C@](F)(CC)[C@@H](F)[C@]2(O)C#C)c(=O)[nH]1.[3H]CCNc1nc2c(ncn2[C@@H]2O[C@](F)(CO)[C@@H](F)[C@]2(O)C#C)c(=O)[nH]1. The molecule has 3 saturated heterocycles. The summed E-state index contributed by atoms with van der Waals surface area (Å²) in [6, 6.07) is 0. The Morgan fingerprint density at radius 1 is 0.658 bits per heavy atom. The number of imidazole rings is 3. The number of hydrogen-bond donors (Lipinski definition) is 11. The number of hydrogen-bond acceptors (Lipinski definition) is 20. The van der Waals surface area contributed by atoms with E-state index in [9.17, 15) is 56.0 Å². The Morgan fingerprint density at radius 2 is 0.986 bits per heavy atom. The monoisotopic (exact) mass is 1040 g/mol. The second-order valence-electron chi connectivity index (χ2n) is 16.0. The number of ether oxygens (including phenoxy) is 3. The second-order valence-corrected chi connectivity index (χ2v) is 16.0. The van der Waals surface area contributed by atoms with E-state index in [0.717, 1.165) is 32.7 Å². The predicted octanol–water partition coefficient (Wildman–Crippen LogP) is -1.11. The molecule has 3 aliphatic heterocycles. The van der Waals surface area contributed by atoms with Gasteiger partial charge in [0.2, 0.25) is 59.0 Å². The molecular weight excluding hydrogens is 993 g/mol. The van der Waals surface area contributed by atoms with Crippen LogP contribution in [0.1, 0.15) is 48.6 Å². The Labute approximate surface area is 406 Å². The number of terminal acetylenes is 3. The van der Waals surface area contributed by atoms with E-state index in [2.05, 4.69) is 55.5 Å². The molecule has 73 heavy (non-hydrogen) atoms. The topological polar surface area (TPSA) is 370 Å². The van der Waals surface area contributed by atoms with Gasteiger partial charge in [0.05, 0.1) is 19.0 Å². The molecule has 0 unspecified atom stereocenters. The normalized spacial score (nSPS) is 32.9. The molecular formula is C41H43F6N15O11. The molecule has 0 aromatic carbocycles. The molecule has 0 saturated carbocycles. The highest BCUT2D eigenvalue weighted by Gasteiger charge is 2.68. The number of H-pyrrole nitrogens is 3. The standard InChI is InChI=1S/C15H17F2N5O3.C14H15F2N5O4.C12H11F2N5O4/c1-4-14(24)11(16)15(17,5-2)25-12(14)22-7-19-8-9(22)20-13(18-6-3)21-10(8)23;1-3-13(24)10(15)14(16,5-22)25-11(13)21-6-18-7-8(21)19-12(17-4-2)20-9(7)23;1-2-11(22)8(13)12(14,3-20)23-9(11)19-4-16-5-6(19)17-10(15)18-7(5)21/h1,7,11-12,24H,5-6H2,2-3H3,(H2,18,20,21,23);1,6,10-11,22,24H,4-5H2,2H3,(H2,17,19,20,23);1,4,8-9,20,22H,3H2,(H3,15,17,18,21)/t11-,12+,14+,15+;10-,11+,13+,14+;8-,9+,11+,12+/m000/s1/i3T;2T;. The molecule has 32 heteroatoms. The van der Waals surface area contributed by atoms with Crippen LogP contribution in [0.5, 0.6) is 0 Å². The van der Waals surface area contributed by atoms with Crippen LogP contribution in [0.4, 0.5) is 44.2 Å². The van der Waals surface area contributed by atoms with Crippen molar-refractivity contribution in [1.29, 1.82) is 0 Å². The van der Waals surface area contributed by atoms with Crippen LogP contribution in [0.2, 0.25) is 0 Å². The molecule has 0 amide bonds. The third-order valence-electron chi connectivity index (χ3n) is 11.6. The number of nitrogens with two attached hydrogens (primary N) is 1. The Balaban J connectivity index is 0.000000164. The smallest absolute Gasteiger partial charge is 0.280 e. The van der Waals surface area contributed by atoms with Gasteiger partial charge in [0, 0.05) is 22.3 Å². The number of aromatic nitrogens is 12. The summed E-state index contributed by atoms with van der Waals surface area (Å²) in [7, 11) is 0. The fraction of sp³-hybridized carbons (Fsp3) is 0.488. The van der Waals surface area contributed by atoms with Crippen LogP contribution >= 0.6 is 0 Å². The van der Waals surface area contributed by atoms with Gasteiger partial charge in [-0.05, 0) is 13.8 Å². The first-order valence-corrected chi connectivity index (χ1v) is 20.9. The fourth-order valence-corrected chi connectivity index (χ4v) is 7.82. The molecule has 3 fully saturated rings. The number of nitrogens with zero attached hydrogens (tertiary/aromatic N) is 9. The van der Waals surface area contributed by atoms with Gasteiger partial charge < -0.3 is 56.1 Å². The summed E-state index contributed by atoms with van der Waals surface area (Å²) in [4.78, 5) is 66.3. The highest BCUT2D eigenvalue weighted by atomic mass is 19.2. The fourth-order valence-electron chi connectivity index (χ4n) is 7.82. The van der Waals surface area contributed by atoms with Crippen molar-refractivity contribution in [3.05, 3.63) is 50.0 Å². The van der Waals surface area contributed by atoms with Crippen molar-refractivity contribution in [3.63, 3.8) is 0 Å². The summed E-state index contributed by atoms with van der Waals surface area (Å²) in [6.07, 6.45) is 4.88. The van der Waals surface area contributed by atoms with E-state index < -0.39 is 101 Å². The van der Waals surface area contributed by atoms with Crippen molar-refractivity contribution in [2.75, 3.05) is 42.7 Å². The number of halogens is 6. The number of aromatic amines is 3. The average Bonchev–Trinajstić information content (AvgIpc) is 4.24. The zero-order chi connectivity index (χ0) is 55.2. The Bertz CT molecular complexity index is 3290. The number of aliphatic hydroxyl groups is 5. The number of alkyl halides is 6. The maximum Gasteiger partial charge on any atom is 0.280 e. The van der Waals surface area contributed by atoms with Crippen LogP contribution in [0.3, 0.4) is 0 Å². The zero-order valence-electron chi connectivity index (χ0n) is 39.4. The van der Waals surface area contributed by atoms with Gasteiger partial charge in [-0.25, -0.2) is 41.3 Å². The maximum absolute atomic E-state index is 14.7. The quantitative estimate of drug-likeness (QED) is 0.0572. The number of aliphatic hydroxyl groups excluding tert-OH is 2. The van der Waals surface area contributed by atoms with Crippen molar-refractivity contribution in [2.45, 2.75) is 98.7 Å². The van der Waals surface area contributed by atoms with Gasteiger partial charge in [-0.1, -0.05) is 24.7 Å². The van der Waals surface area contributed by atoms with E-state index in [4.69, 9.17) is 52.2 Å². The van der Waals surface area contributed by atoms with Gasteiger partial charge >= 0.3 is 0 Å². The molecule has 0 bridgehead atoms. The highest BCUT2D eigenvalue weighted by Crippen LogP contribution is 2.50. The largest absolute Gasteiger partial charge is 0.390 e. The first-order valence-electron chi connectivity index (χ1n) is 22.4. The van der Waals surface area contributed by atoms with Gasteiger partial charge in [0.1, 0.15) is 13.2 Å². The molecule has 6 aromatic heterocycles. The van der Waals surface area contributed by atoms with E-state index >= 15 is 0 Å². The summed E-state index contributed by atoms with van der Waals surface area (Å²) in [5, 5.41) is 54.7. The van der Waals surface area contributed by atoms with Crippen molar-refractivity contribution in [2.24, 2.45) is 0 Å². The third kappa shape index (κ3) is 8.43. The minimum Gasteiger partial charge on any atom is -0.390 e. The number of rotatable bonds is 10. The molecule has 26 nitrogen and oxygen atoms in total. The van der Waals surface area contributed by atoms with Gasteiger partial charge in [-0.3, -0.25) is 43.0 Å². The van der Waals surface area contributed by atoms with Crippen molar-refractivity contribution in [1.82, 2.24) is 58.6 Å². The van der Waals surface area contributed by atoms with Gasteiger partial charge in [0.25, 0.3) is 28.4 Å². The molecule has 0 spiro atoms. The molecule has 390 valence electrons. The van der Waals surface area contributed by atoms with E-state index in [1.54, 1.807) is 11.8 Å². The lowest BCUT2D eigenvalue weighted by molar-refractivity contribution is -0.195. The number of fused-ring (bicyclic) bond motifs is 3. The van der Waals surface area contributed by atoms with Crippen molar-refractivity contribution in [3.8, 4) is 37.0 Å². The average molecular weight is 1040 g/mol. The minimum atomic E-state index is -3.24. The summed E-state index contributed by atoms with van der Waals surface area (Å²) in [5.74, 6) is -4.18. The predicted molar refractivity (Wildman–Crippen MR) is 240 cm³/mol. The van der Waals surface area contributed by atoms with Gasteiger partial charge in [0.15, 0.2) is 52.2 Å². The van der Waals surface area contributed by atoms with E-state index in [0.29, 0.717) is 0 Å². The summed E-state index contributed by atoms with van der Waals surface area (Å²) >= 11 is 0. The van der Waals surface area contributed by atoms with Crippen LogP contribution in [0, 0.1) is 37.0 Å². The first kappa shape index (κ1) is 50.3. The van der Waals surface area contributed by atoms with Crippen LogP contribution in [-0.2, 0) is 14.2 Å². The lowest BCUT2D eigenvalue weighted by atomic mass is 9.94. The van der Waals surface area contributed by atoms with E-state index in [1.807, 2.05) is 5.92 Å². The molecule has 12 N–H and O–H groups in total. The molecule has 3 aliphatic rings.